The molecule has 0 aliphatic rings. The van der Waals surface area contributed by atoms with Gasteiger partial charge in [0.05, 0.1) is 12.8 Å². The first kappa shape index (κ1) is 14.5. The van der Waals surface area contributed by atoms with E-state index in [-0.39, 0.29) is 5.78 Å². The lowest BCUT2D eigenvalue weighted by molar-refractivity contribution is 0.103. The maximum Gasteiger partial charge on any atom is 0.211 e. The molecule has 0 saturated carbocycles. The molecule has 6 heteroatoms. The summed E-state index contributed by atoms with van der Waals surface area (Å²) in [5, 5.41) is 0.351. The van der Waals surface area contributed by atoms with E-state index in [1.54, 1.807) is 41.8 Å². The highest BCUT2D eigenvalue weighted by Gasteiger charge is 2.20. The van der Waals surface area contributed by atoms with Crippen LogP contribution in [0.3, 0.4) is 0 Å². The highest BCUT2D eigenvalue weighted by atomic mass is 35.5. The molecule has 22 heavy (non-hydrogen) atoms. The Kier molecular flexibility index (Phi) is 3.81. The fraction of sp³-hybridized carbons (Fsp3) is 0.188. The molecule has 0 radical (unpaired) electrons. The van der Waals surface area contributed by atoms with Crippen molar-refractivity contribution in [3.8, 4) is 5.75 Å². The molecule has 2 heterocycles. The minimum absolute atomic E-state index is 0.101. The predicted molar refractivity (Wildman–Crippen MR) is 83.8 cm³/mol. The van der Waals surface area contributed by atoms with Gasteiger partial charge in [-0.05, 0) is 30.7 Å². The SMILES string of the molecule is CCc1nc2cc(Cl)ncn2c1C(=O)c1ccc(OC)cc1. The van der Waals surface area contributed by atoms with E-state index in [0.29, 0.717) is 34.2 Å². The van der Waals surface area contributed by atoms with Crippen LogP contribution in [0.25, 0.3) is 5.65 Å². The van der Waals surface area contributed by atoms with Gasteiger partial charge in [-0.25, -0.2) is 9.97 Å². The number of hydrogen-bond acceptors (Lipinski definition) is 4. The number of fused-ring (bicyclic) bond motifs is 1. The summed E-state index contributed by atoms with van der Waals surface area (Å²) in [4.78, 5) is 21.3. The molecule has 0 bridgehead atoms. The zero-order valence-electron chi connectivity index (χ0n) is 12.2. The molecule has 0 N–H and O–H groups in total. The van der Waals surface area contributed by atoms with E-state index in [0.717, 1.165) is 5.69 Å². The van der Waals surface area contributed by atoms with Crippen molar-refractivity contribution in [1.82, 2.24) is 14.4 Å². The quantitative estimate of drug-likeness (QED) is 0.548. The zero-order valence-corrected chi connectivity index (χ0v) is 13.0. The number of carbonyl (C=O) groups excluding carboxylic acids is 1. The van der Waals surface area contributed by atoms with Gasteiger partial charge in [0.15, 0.2) is 0 Å². The Hall–Kier alpha value is -2.40. The number of hydrogen-bond donors (Lipinski definition) is 0. The van der Waals surface area contributed by atoms with E-state index in [1.807, 2.05) is 6.92 Å². The van der Waals surface area contributed by atoms with Crippen LogP contribution in [0, 0.1) is 0 Å². The van der Waals surface area contributed by atoms with E-state index < -0.39 is 0 Å². The van der Waals surface area contributed by atoms with Gasteiger partial charge in [0.2, 0.25) is 5.78 Å². The second-order valence-electron chi connectivity index (χ2n) is 4.76. The van der Waals surface area contributed by atoms with Gasteiger partial charge < -0.3 is 4.74 Å². The molecule has 0 fully saturated rings. The fourth-order valence-electron chi connectivity index (χ4n) is 2.34. The third-order valence-corrected chi connectivity index (χ3v) is 3.66. The van der Waals surface area contributed by atoms with Gasteiger partial charge in [-0.2, -0.15) is 0 Å². The van der Waals surface area contributed by atoms with Gasteiger partial charge in [-0.15, -0.1) is 0 Å². The molecular weight excluding hydrogens is 302 g/mol. The number of carbonyl (C=O) groups is 1. The fourth-order valence-corrected chi connectivity index (χ4v) is 2.48. The first-order chi connectivity index (χ1) is 10.6. The Morgan fingerprint density at radius 1 is 1.32 bits per heavy atom. The Morgan fingerprint density at radius 2 is 2.05 bits per heavy atom. The molecule has 0 amide bonds. The minimum Gasteiger partial charge on any atom is -0.497 e. The summed E-state index contributed by atoms with van der Waals surface area (Å²) < 4.78 is 6.79. The van der Waals surface area contributed by atoms with Crippen LogP contribution in [-0.4, -0.2) is 27.3 Å². The zero-order chi connectivity index (χ0) is 15.7. The Bertz CT molecular complexity index is 840. The molecule has 3 aromatic rings. The van der Waals surface area contributed by atoms with Gasteiger partial charge in [-0.1, -0.05) is 18.5 Å². The standard InChI is InChI=1S/C16H14ClN3O2/c1-3-12-15(20-9-18-13(17)8-14(20)19-12)16(21)10-4-6-11(22-2)7-5-10/h4-9H,3H2,1-2H3. The number of methoxy groups -OCH3 is 1. The van der Waals surface area contributed by atoms with Crippen molar-refractivity contribution in [3.63, 3.8) is 0 Å². The highest BCUT2D eigenvalue weighted by molar-refractivity contribution is 6.29. The molecular formula is C16H14ClN3O2. The number of benzene rings is 1. The minimum atomic E-state index is -0.101. The van der Waals surface area contributed by atoms with Crippen molar-refractivity contribution in [2.45, 2.75) is 13.3 Å². The van der Waals surface area contributed by atoms with Crippen LogP contribution in [0.5, 0.6) is 5.75 Å². The first-order valence-electron chi connectivity index (χ1n) is 6.85. The van der Waals surface area contributed by atoms with Crippen molar-refractivity contribution in [1.29, 1.82) is 0 Å². The number of rotatable bonds is 4. The molecule has 0 aliphatic carbocycles. The maximum atomic E-state index is 12.8. The van der Waals surface area contributed by atoms with Crippen molar-refractivity contribution >= 4 is 23.0 Å². The summed E-state index contributed by atoms with van der Waals surface area (Å²) in [5.41, 5.74) is 2.44. The molecule has 3 rings (SSSR count). The van der Waals surface area contributed by atoms with Crippen LogP contribution in [0.15, 0.2) is 36.7 Å². The van der Waals surface area contributed by atoms with Crippen LogP contribution in [0.1, 0.15) is 28.7 Å². The molecule has 0 unspecified atom stereocenters. The van der Waals surface area contributed by atoms with Gasteiger partial charge in [0, 0.05) is 11.6 Å². The number of ketones is 1. The molecule has 1 aromatic carbocycles. The normalized spacial score (nSPS) is 10.9. The summed E-state index contributed by atoms with van der Waals surface area (Å²) in [6.45, 7) is 1.96. The van der Waals surface area contributed by atoms with E-state index in [9.17, 15) is 4.79 Å². The molecule has 0 saturated heterocycles. The Labute approximate surface area is 132 Å². The average Bonchev–Trinajstić information content (AvgIpc) is 2.91. The topological polar surface area (TPSA) is 56.5 Å². The summed E-state index contributed by atoms with van der Waals surface area (Å²) >= 11 is 5.89. The second-order valence-corrected chi connectivity index (χ2v) is 5.15. The van der Waals surface area contributed by atoms with E-state index >= 15 is 0 Å². The second kappa shape index (κ2) is 5.77. The van der Waals surface area contributed by atoms with E-state index in [4.69, 9.17) is 16.3 Å². The van der Waals surface area contributed by atoms with Gasteiger partial charge in [0.1, 0.15) is 28.6 Å². The third kappa shape index (κ3) is 2.44. The first-order valence-corrected chi connectivity index (χ1v) is 7.23. The van der Waals surface area contributed by atoms with E-state index in [2.05, 4.69) is 9.97 Å². The predicted octanol–water partition coefficient (Wildman–Crippen LogP) is 3.18. The van der Waals surface area contributed by atoms with Gasteiger partial charge in [0.25, 0.3) is 0 Å². The number of nitrogens with zero attached hydrogens (tertiary/aromatic N) is 3. The highest BCUT2D eigenvalue weighted by Crippen LogP contribution is 2.20. The van der Waals surface area contributed by atoms with E-state index in [1.165, 1.54) is 6.33 Å². The number of halogens is 1. The number of aryl methyl sites for hydroxylation is 1. The van der Waals surface area contributed by atoms with Crippen LogP contribution >= 0.6 is 11.6 Å². The number of imidazole rings is 1. The summed E-state index contributed by atoms with van der Waals surface area (Å²) in [5.74, 6) is 0.606. The van der Waals surface area contributed by atoms with Gasteiger partial charge >= 0.3 is 0 Å². The Balaban J connectivity index is 2.12. The van der Waals surface area contributed by atoms with Crippen LogP contribution in [0.4, 0.5) is 0 Å². The Morgan fingerprint density at radius 3 is 2.68 bits per heavy atom. The number of ether oxygens (including phenoxy) is 1. The summed E-state index contributed by atoms with van der Waals surface area (Å²) in [6.07, 6.45) is 2.18. The van der Waals surface area contributed by atoms with Crippen LogP contribution in [-0.2, 0) is 6.42 Å². The molecule has 112 valence electrons. The lowest BCUT2D eigenvalue weighted by atomic mass is 10.1. The van der Waals surface area contributed by atoms with Gasteiger partial charge in [-0.3, -0.25) is 9.20 Å². The lowest BCUT2D eigenvalue weighted by Gasteiger charge is -2.05. The average molecular weight is 316 g/mol. The molecule has 5 nitrogen and oxygen atoms in total. The largest absolute Gasteiger partial charge is 0.497 e. The molecule has 0 atom stereocenters. The lowest BCUT2D eigenvalue weighted by Crippen LogP contribution is -2.08. The van der Waals surface area contributed by atoms with Crippen molar-refractivity contribution in [2.75, 3.05) is 7.11 Å². The summed E-state index contributed by atoms with van der Waals surface area (Å²) in [6, 6.07) is 8.65. The molecule has 0 spiro atoms. The van der Waals surface area contributed by atoms with Crippen molar-refractivity contribution in [2.24, 2.45) is 0 Å². The van der Waals surface area contributed by atoms with Crippen molar-refractivity contribution < 1.29 is 9.53 Å². The summed E-state index contributed by atoms with van der Waals surface area (Å²) in [7, 11) is 1.59. The van der Waals surface area contributed by atoms with Crippen LogP contribution in [0.2, 0.25) is 5.15 Å². The van der Waals surface area contributed by atoms with Crippen molar-refractivity contribution in [3.05, 3.63) is 58.8 Å². The monoisotopic (exact) mass is 315 g/mol. The molecule has 2 aromatic heterocycles. The maximum absolute atomic E-state index is 12.8. The molecule has 0 aliphatic heterocycles. The number of aromatic nitrogens is 3. The van der Waals surface area contributed by atoms with Crippen LogP contribution < -0.4 is 4.74 Å². The third-order valence-electron chi connectivity index (χ3n) is 3.46. The smallest absolute Gasteiger partial charge is 0.211 e.